The molecule has 6 nitrogen and oxygen atoms in total. The third kappa shape index (κ3) is 3.95. The number of amides is 1. The first-order valence-electron chi connectivity index (χ1n) is 6.85. The van der Waals surface area contributed by atoms with E-state index in [0.717, 1.165) is 5.56 Å². The number of methoxy groups -OCH3 is 1. The fourth-order valence-corrected chi connectivity index (χ4v) is 1.90. The molecule has 6 heteroatoms. The normalized spacial score (nSPS) is 14.5. The Labute approximate surface area is 125 Å². The van der Waals surface area contributed by atoms with E-state index >= 15 is 0 Å². The Bertz CT molecular complexity index is 517. The Balaban J connectivity index is 2.97. The number of nitrogens with two attached hydrogens (primary N) is 1. The number of hydrogen-bond donors (Lipinski definition) is 3. The summed E-state index contributed by atoms with van der Waals surface area (Å²) in [4.78, 5) is 12.5. The van der Waals surface area contributed by atoms with Crippen molar-refractivity contribution in [1.82, 2.24) is 0 Å². The summed E-state index contributed by atoms with van der Waals surface area (Å²) >= 11 is 0. The third-order valence-electron chi connectivity index (χ3n) is 3.72. The van der Waals surface area contributed by atoms with Crippen molar-refractivity contribution in [3.63, 3.8) is 0 Å². The van der Waals surface area contributed by atoms with E-state index in [4.69, 9.17) is 15.7 Å². The Hall–Kier alpha value is -2.08. The Morgan fingerprint density at radius 2 is 2.14 bits per heavy atom. The quantitative estimate of drug-likeness (QED) is 0.310. The maximum absolute atomic E-state index is 12.5. The van der Waals surface area contributed by atoms with Crippen LogP contribution in [0.4, 0.5) is 5.69 Å². The van der Waals surface area contributed by atoms with Gasteiger partial charge in [-0.1, -0.05) is 30.3 Å². The van der Waals surface area contributed by atoms with Crippen LogP contribution in [0.2, 0.25) is 0 Å². The third-order valence-corrected chi connectivity index (χ3v) is 3.72. The minimum Gasteiger partial charge on any atom is -0.409 e. The minimum atomic E-state index is -1.05. The van der Waals surface area contributed by atoms with E-state index in [1.807, 2.05) is 31.2 Å². The van der Waals surface area contributed by atoms with Crippen LogP contribution in [0.1, 0.15) is 25.8 Å². The highest BCUT2D eigenvalue weighted by Gasteiger charge is 2.36. The van der Waals surface area contributed by atoms with Crippen molar-refractivity contribution in [2.45, 2.75) is 26.7 Å². The van der Waals surface area contributed by atoms with E-state index in [2.05, 4.69) is 10.5 Å². The topological polar surface area (TPSA) is 96.9 Å². The molecule has 1 aromatic rings. The number of benzene rings is 1. The van der Waals surface area contributed by atoms with Gasteiger partial charge in [-0.15, -0.1) is 0 Å². The number of amidine groups is 1. The number of oxime groups is 1. The highest BCUT2D eigenvalue weighted by Crippen LogP contribution is 2.25. The van der Waals surface area contributed by atoms with Crippen molar-refractivity contribution >= 4 is 17.4 Å². The summed E-state index contributed by atoms with van der Waals surface area (Å²) in [7, 11) is 1.63. The van der Waals surface area contributed by atoms with Crippen molar-refractivity contribution in [1.29, 1.82) is 0 Å². The van der Waals surface area contributed by atoms with Crippen LogP contribution >= 0.6 is 0 Å². The molecule has 0 saturated heterocycles. The largest absolute Gasteiger partial charge is 0.409 e. The average molecular weight is 293 g/mol. The molecule has 4 N–H and O–H groups in total. The van der Waals surface area contributed by atoms with Gasteiger partial charge in [0.2, 0.25) is 5.91 Å². The lowest BCUT2D eigenvalue weighted by atomic mass is 9.85. The van der Waals surface area contributed by atoms with E-state index in [-0.39, 0.29) is 11.7 Å². The molecule has 0 spiro atoms. The lowest BCUT2D eigenvalue weighted by molar-refractivity contribution is -0.121. The molecule has 0 aliphatic rings. The standard InChI is InChI=1S/C15H23N3O3/c1-4-15(2,13(16)18-20)14(19)17-12-8-6-5-7-11(12)9-10-21-3/h5-8,20H,4,9-10H2,1-3H3,(H2,16,18)(H,17,19). The fourth-order valence-electron chi connectivity index (χ4n) is 1.90. The Morgan fingerprint density at radius 1 is 1.48 bits per heavy atom. The molecule has 0 aliphatic carbocycles. The molecule has 0 fully saturated rings. The number of hydrogen-bond acceptors (Lipinski definition) is 4. The summed E-state index contributed by atoms with van der Waals surface area (Å²) in [6.45, 7) is 4.03. The minimum absolute atomic E-state index is 0.100. The van der Waals surface area contributed by atoms with Gasteiger partial charge in [0, 0.05) is 12.8 Å². The van der Waals surface area contributed by atoms with Crippen molar-refractivity contribution in [2.24, 2.45) is 16.3 Å². The van der Waals surface area contributed by atoms with Gasteiger partial charge in [-0.05, 0) is 31.4 Å². The van der Waals surface area contributed by atoms with Crippen LogP contribution in [-0.2, 0) is 16.0 Å². The Morgan fingerprint density at radius 3 is 2.71 bits per heavy atom. The first-order chi connectivity index (χ1) is 9.99. The van der Waals surface area contributed by atoms with Gasteiger partial charge in [0.05, 0.1) is 6.61 Å². The lowest BCUT2D eigenvalue weighted by Crippen LogP contribution is -2.44. The molecule has 0 bridgehead atoms. The summed E-state index contributed by atoms with van der Waals surface area (Å²) < 4.78 is 5.06. The molecule has 0 saturated carbocycles. The number of carbonyl (C=O) groups excluding carboxylic acids is 1. The number of rotatable bonds is 7. The molecule has 0 aliphatic heterocycles. The summed E-state index contributed by atoms with van der Waals surface area (Å²) in [5, 5.41) is 14.7. The molecule has 0 radical (unpaired) electrons. The number of ether oxygens (including phenoxy) is 1. The monoisotopic (exact) mass is 293 g/mol. The van der Waals surface area contributed by atoms with Gasteiger partial charge in [0.1, 0.15) is 5.41 Å². The van der Waals surface area contributed by atoms with Crippen LogP contribution in [0.15, 0.2) is 29.4 Å². The molecule has 1 unspecified atom stereocenters. The van der Waals surface area contributed by atoms with E-state index in [0.29, 0.717) is 25.1 Å². The van der Waals surface area contributed by atoms with Gasteiger partial charge in [0.15, 0.2) is 5.84 Å². The summed E-state index contributed by atoms with van der Waals surface area (Å²) in [6, 6.07) is 7.51. The number of anilines is 1. The maximum Gasteiger partial charge on any atom is 0.238 e. The van der Waals surface area contributed by atoms with Gasteiger partial charge in [0.25, 0.3) is 0 Å². The predicted octanol–water partition coefficient (Wildman–Crippen LogP) is 1.98. The van der Waals surface area contributed by atoms with Gasteiger partial charge in [-0.2, -0.15) is 0 Å². The van der Waals surface area contributed by atoms with Crippen LogP contribution in [0.25, 0.3) is 0 Å². The van der Waals surface area contributed by atoms with Crippen LogP contribution in [-0.4, -0.2) is 30.7 Å². The lowest BCUT2D eigenvalue weighted by Gasteiger charge is -2.25. The van der Waals surface area contributed by atoms with Crippen molar-refractivity contribution in [2.75, 3.05) is 19.0 Å². The number of para-hydroxylation sites is 1. The van der Waals surface area contributed by atoms with Crippen LogP contribution in [0.3, 0.4) is 0 Å². The SMILES string of the molecule is CCC(C)(C(=O)Nc1ccccc1CCOC)/C(N)=N/O. The first kappa shape index (κ1) is 17.0. The highest BCUT2D eigenvalue weighted by atomic mass is 16.5. The van der Waals surface area contributed by atoms with E-state index in [1.54, 1.807) is 14.0 Å². The molecule has 0 aromatic heterocycles. The summed E-state index contributed by atoms with van der Waals surface area (Å²) in [5.74, 6) is -0.401. The Kier molecular flexibility index (Phi) is 6.17. The van der Waals surface area contributed by atoms with Gasteiger partial charge in [-0.25, -0.2) is 0 Å². The average Bonchev–Trinajstić information content (AvgIpc) is 2.52. The van der Waals surface area contributed by atoms with E-state index < -0.39 is 5.41 Å². The summed E-state index contributed by atoms with van der Waals surface area (Å²) in [5.41, 5.74) is 6.29. The maximum atomic E-state index is 12.5. The zero-order valence-corrected chi connectivity index (χ0v) is 12.7. The molecule has 1 aromatic carbocycles. The molecule has 1 rings (SSSR count). The second kappa shape index (κ2) is 7.64. The van der Waals surface area contributed by atoms with Crippen molar-refractivity contribution in [3.05, 3.63) is 29.8 Å². The fraction of sp³-hybridized carbons (Fsp3) is 0.467. The number of nitrogens with zero attached hydrogens (tertiary/aromatic N) is 1. The van der Waals surface area contributed by atoms with Gasteiger partial charge < -0.3 is 21.0 Å². The predicted molar refractivity (Wildman–Crippen MR) is 82.5 cm³/mol. The van der Waals surface area contributed by atoms with Crippen LogP contribution in [0.5, 0.6) is 0 Å². The van der Waals surface area contributed by atoms with Crippen LogP contribution < -0.4 is 11.1 Å². The molecule has 21 heavy (non-hydrogen) atoms. The number of nitrogens with one attached hydrogen (secondary N) is 1. The molecule has 1 atom stereocenters. The molecular formula is C15H23N3O3. The zero-order valence-electron chi connectivity index (χ0n) is 12.7. The molecule has 116 valence electrons. The zero-order chi connectivity index (χ0) is 15.9. The number of carbonyl (C=O) groups is 1. The first-order valence-corrected chi connectivity index (χ1v) is 6.85. The van der Waals surface area contributed by atoms with Crippen LogP contribution in [0, 0.1) is 5.41 Å². The van der Waals surface area contributed by atoms with Crippen molar-refractivity contribution in [3.8, 4) is 0 Å². The molecular weight excluding hydrogens is 270 g/mol. The van der Waals surface area contributed by atoms with E-state index in [1.165, 1.54) is 0 Å². The highest BCUT2D eigenvalue weighted by molar-refractivity contribution is 6.11. The van der Waals surface area contributed by atoms with Crippen molar-refractivity contribution < 1.29 is 14.7 Å². The smallest absolute Gasteiger partial charge is 0.238 e. The van der Waals surface area contributed by atoms with E-state index in [9.17, 15) is 4.79 Å². The second-order valence-electron chi connectivity index (χ2n) is 5.02. The molecule has 0 heterocycles. The second-order valence-corrected chi connectivity index (χ2v) is 5.02. The summed E-state index contributed by atoms with van der Waals surface area (Å²) in [6.07, 6.45) is 1.12. The van der Waals surface area contributed by atoms with Gasteiger partial charge >= 0.3 is 0 Å². The van der Waals surface area contributed by atoms with Gasteiger partial charge in [-0.3, -0.25) is 4.79 Å². The molecule has 1 amide bonds.